The second kappa shape index (κ2) is 9.77. The summed E-state index contributed by atoms with van der Waals surface area (Å²) >= 11 is 1.29. The number of hydrogen-bond acceptors (Lipinski definition) is 5. The molecule has 31 heavy (non-hydrogen) atoms. The smallest absolute Gasteiger partial charge is 0.251 e. The SMILES string of the molecule is O=C(NC(Cc1ccccc1)C(=O)Nc1nnc(-c2ccccc2)s1)c1ccccc1. The Morgan fingerprint density at radius 3 is 2.10 bits per heavy atom. The Bertz CT molecular complexity index is 1150. The maximum atomic E-state index is 13.0. The largest absolute Gasteiger partial charge is 0.340 e. The second-order valence-corrected chi connectivity index (χ2v) is 7.83. The molecule has 4 rings (SSSR count). The van der Waals surface area contributed by atoms with Gasteiger partial charge in [-0.3, -0.25) is 14.9 Å². The van der Waals surface area contributed by atoms with E-state index in [0.29, 0.717) is 22.1 Å². The molecule has 6 nitrogen and oxygen atoms in total. The third-order valence-corrected chi connectivity index (χ3v) is 5.50. The number of rotatable bonds is 7. The third kappa shape index (κ3) is 5.40. The molecule has 0 bridgehead atoms. The number of benzene rings is 3. The molecule has 0 aliphatic heterocycles. The molecule has 2 N–H and O–H groups in total. The van der Waals surface area contributed by atoms with Crippen LogP contribution in [0, 0.1) is 0 Å². The Morgan fingerprint density at radius 1 is 0.806 bits per heavy atom. The summed E-state index contributed by atoms with van der Waals surface area (Å²) in [6, 6.07) is 27.3. The molecule has 0 spiro atoms. The average Bonchev–Trinajstić information content (AvgIpc) is 3.29. The molecule has 0 aliphatic carbocycles. The number of anilines is 1. The van der Waals surface area contributed by atoms with Crippen molar-refractivity contribution in [3.05, 3.63) is 102 Å². The Hall–Kier alpha value is -3.84. The van der Waals surface area contributed by atoms with Crippen LogP contribution in [0.3, 0.4) is 0 Å². The van der Waals surface area contributed by atoms with Gasteiger partial charge in [0.15, 0.2) is 0 Å². The molecule has 1 heterocycles. The molecule has 3 aromatic carbocycles. The molecular weight excluding hydrogens is 408 g/mol. The topological polar surface area (TPSA) is 84.0 Å². The lowest BCUT2D eigenvalue weighted by Crippen LogP contribution is -2.45. The molecule has 1 unspecified atom stereocenters. The van der Waals surface area contributed by atoms with Gasteiger partial charge in [-0.05, 0) is 17.7 Å². The van der Waals surface area contributed by atoms with Gasteiger partial charge < -0.3 is 5.32 Å². The van der Waals surface area contributed by atoms with Crippen LogP contribution < -0.4 is 10.6 Å². The van der Waals surface area contributed by atoms with Crippen molar-refractivity contribution < 1.29 is 9.59 Å². The third-order valence-electron chi connectivity index (χ3n) is 4.62. The van der Waals surface area contributed by atoms with Crippen LogP contribution in [0.15, 0.2) is 91.0 Å². The number of hydrogen-bond donors (Lipinski definition) is 2. The lowest BCUT2D eigenvalue weighted by Gasteiger charge is -2.18. The lowest BCUT2D eigenvalue weighted by atomic mass is 10.0. The number of nitrogens with zero attached hydrogens (tertiary/aromatic N) is 2. The van der Waals surface area contributed by atoms with E-state index in [0.717, 1.165) is 11.1 Å². The number of carbonyl (C=O) groups is 2. The van der Waals surface area contributed by atoms with E-state index in [9.17, 15) is 9.59 Å². The predicted octanol–water partition coefficient (Wildman–Crippen LogP) is 4.18. The highest BCUT2D eigenvalue weighted by molar-refractivity contribution is 7.18. The fourth-order valence-corrected chi connectivity index (χ4v) is 3.81. The first kappa shape index (κ1) is 20.4. The number of aromatic nitrogens is 2. The van der Waals surface area contributed by atoms with E-state index < -0.39 is 6.04 Å². The maximum Gasteiger partial charge on any atom is 0.251 e. The van der Waals surface area contributed by atoms with Crippen molar-refractivity contribution in [2.75, 3.05) is 5.32 Å². The van der Waals surface area contributed by atoms with E-state index in [1.165, 1.54) is 11.3 Å². The molecule has 0 saturated carbocycles. The lowest BCUT2D eigenvalue weighted by molar-refractivity contribution is -0.118. The monoisotopic (exact) mass is 428 g/mol. The van der Waals surface area contributed by atoms with E-state index in [1.807, 2.05) is 66.7 Å². The Labute approximate surface area is 184 Å². The first-order valence-corrected chi connectivity index (χ1v) is 10.6. The van der Waals surface area contributed by atoms with Crippen LogP contribution in [0.1, 0.15) is 15.9 Å². The van der Waals surface area contributed by atoms with Gasteiger partial charge in [0, 0.05) is 17.5 Å². The summed E-state index contributed by atoms with van der Waals surface area (Å²) in [5.41, 5.74) is 2.37. The molecule has 7 heteroatoms. The van der Waals surface area contributed by atoms with Crippen molar-refractivity contribution in [1.29, 1.82) is 0 Å². The highest BCUT2D eigenvalue weighted by Gasteiger charge is 2.23. The zero-order valence-corrected chi connectivity index (χ0v) is 17.4. The van der Waals surface area contributed by atoms with Crippen molar-refractivity contribution in [1.82, 2.24) is 15.5 Å². The van der Waals surface area contributed by atoms with E-state index >= 15 is 0 Å². The van der Waals surface area contributed by atoms with Gasteiger partial charge in [0.25, 0.3) is 5.91 Å². The van der Waals surface area contributed by atoms with Crippen LogP contribution >= 0.6 is 11.3 Å². The highest BCUT2D eigenvalue weighted by Crippen LogP contribution is 2.26. The molecular formula is C24H20N4O2S. The minimum Gasteiger partial charge on any atom is -0.340 e. The minimum absolute atomic E-state index is 0.307. The standard InChI is InChI=1S/C24H20N4O2S/c29-21(18-12-6-2-7-13-18)25-20(16-17-10-4-1-5-11-17)22(30)26-24-28-27-23(31-24)19-14-8-3-9-15-19/h1-15,20H,16H2,(H,25,29)(H,26,28,30). The summed E-state index contributed by atoms with van der Waals surface area (Å²) in [7, 11) is 0. The summed E-state index contributed by atoms with van der Waals surface area (Å²) in [5, 5.41) is 15.0. The maximum absolute atomic E-state index is 13.0. The molecule has 4 aromatic rings. The van der Waals surface area contributed by atoms with Crippen LogP contribution in [0.4, 0.5) is 5.13 Å². The van der Waals surface area contributed by atoms with E-state index in [-0.39, 0.29) is 11.8 Å². The van der Waals surface area contributed by atoms with Gasteiger partial charge in [-0.15, -0.1) is 10.2 Å². The molecule has 1 atom stereocenters. The number of nitrogens with one attached hydrogen (secondary N) is 2. The molecule has 154 valence electrons. The molecule has 1 aromatic heterocycles. The van der Waals surface area contributed by atoms with E-state index in [1.54, 1.807) is 24.3 Å². The zero-order valence-electron chi connectivity index (χ0n) is 16.6. The Kier molecular flexibility index (Phi) is 6.44. The molecule has 2 amide bonds. The van der Waals surface area contributed by atoms with E-state index in [4.69, 9.17) is 0 Å². The summed E-state index contributed by atoms with van der Waals surface area (Å²) < 4.78 is 0. The van der Waals surface area contributed by atoms with Crippen LogP contribution in [-0.2, 0) is 11.2 Å². The second-order valence-electron chi connectivity index (χ2n) is 6.85. The van der Waals surface area contributed by atoms with Gasteiger partial charge in [-0.1, -0.05) is 90.2 Å². The normalized spacial score (nSPS) is 11.5. The van der Waals surface area contributed by atoms with Gasteiger partial charge in [-0.2, -0.15) is 0 Å². The van der Waals surface area contributed by atoms with Crippen LogP contribution in [0.5, 0.6) is 0 Å². The summed E-state index contributed by atoms with van der Waals surface area (Å²) in [4.78, 5) is 25.7. The fourth-order valence-electron chi connectivity index (χ4n) is 3.05. The van der Waals surface area contributed by atoms with Crippen molar-refractivity contribution >= 4 is 28.3 Å². The average molecular weight is 429 g/mol. The summed E-state index contributed by atoms with van der Waals surface area (Å²) in [6.07, 6.45) is 0.357. The van der Waals surface area contributed by atoms with Crippen LogP contribution in [-0.4, -0.2) is 28.1 Å². The van der Waals surface area contributed by atoms with Crippen molar-refractivity contribution in [2.45, 2.75) is 12.5 Å². The Balaban J connectivity index is 1.51. The van der Waals surface area contributed by atoms with Gasteiger partial charge in [0.2, 0.25) is 11.0 Å². The summed E-state index contributed by atoms with van der Waals surface area (Å²) in [5.74, 6) is -0.650. The molecule has 0 saturated heterocycles. The molecule has 0 radical (unpaired) electrons. The first-order valence-electron chi connectivity index (χ1n) is 9.78. The van der Waals surface area contributed by atoms with Crippen molar-refractivity contribution in [3.8, 4) is 10.6 Å². The quantitative estimate of drug-likeness (QED) is 0.462. The zero-order chi connectivity index (χ0) is 21.5. The molecule has 0 fully saturated rings. The van der Waals surface area contributed by atoms with Gasteiger partial charge in [-0.25, -0.2) is 0 Å². The predicted molar refractivity (Wildman–Crippen MR) is 122 cm³/mol. The number of amides is 2. The first-order chi connectivity index (χ1) is 15.2. The summed E-state index contributed by atoms with van der Waals surface area (Å²) in [6.45, 7) is 0. The minimum atomic E-state index is -0.765. The number of carbonyl (C=O) groups excluding carboxylic acids is 2. The fraction of sp³-hybridized carbons (Fsp3) is 0.0833. The van der Waals surface area contributed by atoms with Crippen molar-refractivity contribution in [3.63, 3.8) is 0 Å². The van der Waals surface area contributed by atoms with Gasteiger partial charge >= 0.3 is 0 Å². The Morgan fingerprint density at radius 2 is 1.42 bits per heavy atom. The van der Waals surface area contributed by atoms with E-state index in [2.05, 4.69) is 20.8 Å². The molecule has 0 aliphatic rings. The van der Waals surface area contributed by atoms with Gasteiger partial charge in [0.1, 0.15) is 11.0 Å². The van der Waals surface area contributed by atoms with Crippen LogP contribution in [0.25, 0.3) is 10.6 Å². The van der Waals surface area contributed by atoms with Crippen molar-refractivity contribution in [2.24, 2.45) is 0 Å². The van der Waals surface area contributed by atoms with Crippen LogP contribution in [0.2, 0.25) is 0 Å². The highest BCUT2D eigenvalue weighted by atomic mass is 32.1. The van der Waals surface area contributed by atoms with Gasteiger partial charge in [0.05, 0.1) is 0 Å².